The van der Waals surface area contributed by atoms with Gasteiger partial charge in [0.25, 0.3) is 0 Å². The SMILES string of the molecule is Cc1cccc(B(c2c(C)cc(C)cc2C)c2c(C)cc(C)cc2C)c1. The second kappa shape index (κ2) is 7.15. The molecule has 0 saturated heterocycles. The van der Waals surface area contributed by atoms with Crippen LogP contribution in [0.2, 0.25) is 0 Å². The summed E-state index contributed by atoms with van der Waals surface area (Å²) in [6, 6.07) is 18.3. The van der Waals surface area contributed by atoms with E-state index in [2.05, 4.69) is 97.0 Å². The summed E-state index contributed by atoms with van der Waals surface area (Å²) in [6.45, 7) is 15.9. The molecule has 0 radical (unpaired) electrons. The van der Waals surface area contributed by atoms with Crippen LogP contribution in [-0.2, 0) is 0 Å². The van der Waals surface area contributed by atoms with Gasteiger partial charge in [-0.15, -0.1) is 0 Å². The lowest BCUT2D eigenvalue weighted by atomic mass is 9.34. The highest BCUT2D eigenvalue weighted by Gasteiger charge is 2.28. The fraction of sp³-hybridized carbons (Fsp3) is 0.280. The van der Waals surface area contributed by atoms with Crippen molar-refractivity contribution in [3.05, 3.63) is 87.5 Å². The van der Waals surface area contributed by atoms with Crippen LogP contribution < -0.4 is 16.4 Å². The van der Waals surface area contributed by atoms with E-state index in [9.17, 15) is 0 Å². The molecule has 0 amide bonds. The summed E-state index contributed by atoms with van der Waals surface area (Å²) in [4.78, 5) is 0. The van der Waals surface area contributed by atoms with Crippen LogP contribution in [0.5, 0.6) is 0 Å². The van der Waals surface area contributed by atoms with Crippen LogP contribution in [-0.4, -0.2) is 6.71 Å². The summed E-state index contributed by atoms with van der Waals surface area (Å²) in [5.41, 5.74) is 13.8. The van der Waals surface area contributed by atoms with Gasteiger partial charge in [0, 0.05) is 0 Å². The molecule has 3 aromatic rings. The Morgan fingerprint density at radius 3 is 1.31 bits per heavy atom. The van der Waals surface area contributed by atoms with Crippen LogP contribution in [0.4, 0.5) is 0 Å². The first-order chi connectivity index (χ1) is 12.3. The monoisotopic (exact) mass is 340 g/mol. The average molecular weight is 340 g/mol. The van der Waals surface area contributed by atoms with E-state index in [1.165, 1.54) is 55.3 Å². The van der Waals surface area contributed by atoms with Crippen LogP contribution in [0.1, 0.15) is 38.9 Å². The Morgan fingerprint density at radius 2 is 0.923 bits per heavy atom. The highest BCUT2D eigenvalue weighted by Crippen LogP contribution is 2.13. The summed E-state index contributed by atoms with van der Waals surface area (Å²) in [5.74, 6) is 0. The largest absolute Gasteiger partial charge is 0.242 e. The Balaban J connectivity index is 2.36. The molecule has 0 unspecified atom stereocenters. The van der Waals surface area contributed by atoms with Crippen molar-refractivity contribution < 1.29 is 0 Å². The minimum atomic E-state index is 0.274. The van der Waals surface area contributed by atoms with Crippen molar-refractivity contribution in [1.82, 2.24) is 0 Å². The van der Waals surface area contributed by atoms with E-state index in [0.29, 0.717) is 0 Å². The molecule has 3 aromatic carbocycles. The molecular weight excluding hydrogens is 311 g/mol. The topological polar surface area (TPSA) is 0 Å². The van der Waals surface area contributed by atoms with Crippen molar-refractivity contribution in [3.63, 3.8) is 0 Å². The fourth-order valence-corrected chi connectivity index (χ4v) is 4.62. The maximum atomic E-state index is 2.35. The molecule has 0 atom stereocenters. The summed E-state index contributed by atoms with van der Waals surface area (Å²) in [7, 11) is 0. The molecule has 0 heterocycles. The molecular formula is C25H29B. The van der Waals surface area contributed by atoms with E-state index >= 15 is 0 Å². The molecule has 0 aliphatic heterocycles. The molecule has 1 heteroatoms. The van der Waals surface area contributed by atoms with Crippen molar-refractivity contribution in [3.8, 4) is 0 Å². The number of benzene rings is 3. The van der Waals surface area contributed by atoms with Gasteiger partial charge in [0.05, 0.1) is 0 Å². The first-order valence-electron chi connectivity index (χ1n) is 9.50. The molecule has 3 rings (SSSR count). The van der Waals surface area contributed by atoms with Crippen molar-refractivity contribution in [2.45, 2.75) is 48.5 Å². The average Bonchev–Trinajstić information content (AvgIpc) is 2.51. The molecule has 0 saturated carbocycles. The lowest BCUT2D eigenvalue weighted by Gasteiger charge is -2.24. The van der Waals surface area contributed by atoms with Crippen molar-refractivity contribution in [1.29, 1.82) is 0 Å². The van der Waals surface area contributed by atoms with E-state index in [-0.39, 0.29) is 6.71 Å². The molecule has 0 aromatic heterocycles. The lowest BCUT2D eigenvalue weighted by Crippen LogP contribution is -2.55. The summed E-state index contributed by atoms with van der Waals surface area (Å²) < 4.78 is 0. The Kier molecular flexibility index (Phi) is 5.09. The highest BCUT2D eigenvalue weighted by atomic mass is 14.1. The minimum Gasteiger partial charge on any atom is -0.0684 e. The number of hydrogen-bond donors (Lipinski definition) is 0. The quantitative estimate of drug-likeness (QED) is 0.622. The highest BCUT2D eigenvalue weighted by molar-refractivity contribution is 6.96. The first kappa shape index (κ1) is 18.5. The van der Waals surface area contributed by atoms with E-state index in [1.54, 1.807) is 0 Å². The van der Waals surface area contributed by atoms with Crippen LogP contribution in [0.3, 0.4) is 0 Å². The van der Waals surface area contributed by atoms with Gasteiger partial charge in [-0.2, -0.15) is 0 Å². The van der Waals surface area contributed by atoms with Gasteiger partial charge < -0.3 is 0 Å². The third-order valence-corrected chi connectivity index (χ3v) is 5.43. The Bertz CT molecular complexity index is 862. The zero-order valence-corrected chi connectivity index (χ0v) is 17.2. The smallest absolute Gasteiger partial charge is 0.0684 e. The van der Waals surface area contributed by atoms with E-state index < -0.39 is 0 Å². The first-order valence-corrected chi connectivity index (χ1v) is 9.50. The maximum Gasteiger partial charge on any atom is 0.242 e. The molecule has 0 aliphatic rings. The normalized spacial score (nSPS) is 10.9. The third kappa shape index (κ3) is 3.49. The number of rotatable bonds is 3. The van der Waals surface area contributed by atoms with Gasteiger partial charge >= 0.3 is 0 Å². The molecule has 0 bridgehead atoms. The molecule has 0 aliphatic carbocycles. The van der Waals surface area contributed by atoms with Crippen molar-refractivity contribution in [2.75, 3.05) is 0 Å². The van der Waals surface area contributed by atoms with Crippen LogP contribution in [0, 0.1) is 48.5 Å². The second-order valence-corrected chi connectivity index (χ2v) is 7.97. The minimum absolute atomic E-state index is 0.274. The maximum absolute atomic E-state index is 2.35. The second-order valence-electron chi connectivity index (χ2n) is 7.97. The van der Waals surface area contributed by atoms with E-state index in [4.69, 9.17) is 0 Å². The molecule has 0 nitrogen and oxygen atoms in total. The lowest BCUT2D eigenvalue weighted by molar-refractivity contribution is 1.34. The number of aryl methyl sites for hydroxylation is 7. The van der Waals surface area contributed by atoms with Crippen LogP contribution in [0.15, 0.2) is 48.5 Å². The van der Waals surface area contributed by atoms with Crippen molar-refractivity contribution >= 4 is 23.1 Å². The van der Waals surface area contributed by atoms with Gasteiger partial charge in [-0.3, -0.25) is 0 Å². The van der Waals surface area contributed by atoms with Crippen LogP contribution in [0.25, 0.3) is 0 Å². The molecule has 132 valence electrons. The molecule has 0 fully saturated rings. The van der Waals surface area contributed by atoms with E-state index in [0.717, 1.165) is 0 Å². The fourth-order valence-electron chi connectivity index (χ4n) is 4.62. The van der Waals surface area contributed by atoms with Gasteiger partial charge in [0.15, 0.2) is 0 Å². The van der Waals surface area contributed by atoms with Gasteiger partial charge in [0.1, 0.15) is 0 Å². The Hall–Kier alpha value is -2.28. The van der Waals surface area contributed by atoms with Crippen molar-refractivity contribution in [2.24, 2.45) is 0 Å². The zero-order chi connectivity index (χ0) is 19.0. The molecule has 0 N–H and O–H groups in total. The Labute approximate surface area is 159 Å². The standard InChI is InChI=1S/C25H29B/c1-16-9-8-10-23(15-16)26(24-19(4)11-17(2)12-20(24)5)25-21(6)13-18(3)14-22(25)7/h8-15H,1-7H3. The Morgan fingerprint density at radius 1 is 0.500 bits per heavy atom. The van der Waals surface area contributed by atoms with Crippen LogP contribution >= 0.6 is 0 Å². The van der Waals surface area contributed by atoms with Gasteiger partial charge in [-0.05, 0) is 48.5 Å². The summed E-state index contributed by atoms with van der Waals surface area (Å²) in [5, 5.41) is 0. The van der Waals surface area contributed by atoms with Gasteiger partial charge in [-0.25, -0.2) is 0 Å². The number of hydrogen-bond acceptors (Lipinski definition) is 0. The summed E-state index contributed by atoms with van der Waals surface area (Å²) in [6.07, 6.45) is 0. The van der Waals surface area contributed by atoms with Gasteiger partial charge in [0.2, 0.25) is 6.71 Å². The molecule has 26 heavy (non-hydrogen) atoms. The summed E-state index contributed by atoms with van der Waals surface area (Å²) >= 11 is 0. The zero-order valence-electron chi connectivity index (χ0n) is 17.2. The van der Waals surface area contributed by atoms with E-state index in [1.807, 2.05) is 0 Å². The predicted octanol–water partition coefficient (Wildman–Crippen LogP) is 4.36. The van der Waals surface area contributed by atoms with Gasteiger partial charge in [-0.1, -0.05) is 104 Å². The predicted molar refractivity (Wildman–Crippen MR) is 117 cm³/mol. The third-order valence-electron chi connectivity index (χ3n) is 5.43. The molecule has 0 spiro atoms.